The normalized spacial score (nSPS) is 17.4. The van der Waals surface area contributed by atoms with Crippen LogP contribution in [-0.2, 0) is 4.79 Å². The molecule has 4 nitrogen and oxygen atoms in total. The molecule has 0 radical (unpaired) electrons. The number of anilines is 1. The molecule has 1 aliphatic heterocycles. The van der Waals surface area contributed by atoms with Gasteiger partial charge in [0.25, 0.3) is 0 Å². The number of aryl methyl sites for hydroxylation is 1. The van der Waals surface area contributed by atoms with Crippen LogP contribution in [0.2, 0.25) is 0 Å². The molecule has 1 heterocycles. The van der Waals surface area contributed by atoms with Gasteiger partial charge in [-0.05, 0) is 24.6 Å². The third-order valence-corrected chi connectivity index (χ3v) is 4.08. The van der Waals surface area contributed by atoms with Crippen molar-refractivity contribution in [1.82, 2.24) is 0 Å². The van der Waals surface area contributed by atoms with Crippen molar-refractivity contribution in [2.75, 3.05) is 44.7 Å². The summed E-state index contributed by atoms with van der Waals surface area (Å²) in [6, 6.07) is 8.64. The maximum atomic E-state index is 10.9. The minimum atomic E-state index is -0.194. The molecule has 0 spiro atoms. The van der Waals surface area contributed by atoms with Gasteiger partial charge in [-0.1, -0.05) is 12.1 Å². The molecule has 5 heteroatoms. The molecular formula is C15H24IN3O. The molecular weight excluding hydrogens is 365 g/mol. The van der Waals surface area contributed by atoms with Gasteiger partial charge in [0.15, 0.2) is 0 Å². The van der Waals surface area contributed by atoms with Crippen molar-refractivity contribution < 1.29 is 33.3 Å². The summed E-state index contributed by atoms with van der Waals surface area (Å²) >= 11 is 0. The molecule has 1 aliphatic rings. The van der Waals surface area contributed by atoms with Gasteiger partial charge in [0, 0.05) is 5.69 Å². The Bertz CT molecular complexity index is 456. The van der Waals surface area contributed by atoms with Gasteiger partial charge in [0.1, 0.15) is 0 Å². The van der Waals surface area contributed by atoms with Gasteiger partial charge in [-0.15, -0.1) is 0 Å². The van der Waals surface area contributed by atoms with E-state index in [2.05, 4.69) is 43.1 Å². The van der Waals surface area contributed by atoms with Crippen LogP contribution >= 0.6 is 0 Å². The average molecular weight is 389 g/mol. The number of hydrogen-bond donors (Lipinski definition) is 1. The molecule has 0 bridgehead atoms. The van der Waals surface area contributed by atoms with Gasteiger partial charge in [-0.3, -0.25) is 4.79 Å². The maximum absolute atomic E-state index is 10.9. The fourth-order valence-corrected chi connectivity index (χ4v) is 2.63. The SMILES string of the molecule is Cc1cccc(N2CC[N+](C)(CCC(N)=O)CC2)c1.[I-]. The van der Waals surface area contributed by atoms with Crippen molar-refractivity contribution in [1.29, 1.82) is 0 Å². The second-order valence-corrected chi connectivity index (χ2v) is 5.83. The first kappa shape index (κ1) is 17.2. The van der Waals surface area contributed by atoms with E-state index in [9.17, 15) is 4.79 Å². The summed E-state index contributed by atoms with van der Waals surface area (Å²) in [6.07, 6.45) is 0.487. The Hall–Kier alpha value is -0.820. The molecule has 0 saturated carbocycles. The molecule has 0 atom stereocenters. The van der Waals surface area contributed by atoms with Crippen LogP contribution in [0.4, 0.5) is 5.69 Å². The van der Waals surface area contributed by atoms with Crippen molar-refractivity contribution in [3.8, 4) is 0 Å². The van der Waals surface area contributed by atoms with Gasteiger partial charge in [-0.2, -0.15) is 0 Å². The molecule has 20 heavy (non-hydrogen) atoms. The largest absolute Gasteiger partial charge is 1.00 e. The number of piperazine rings is 1. The van der Waals surface area contributed by atoms with Crippen molar-refractivity contribution >= 4 is 11.6 Å². The molecule has 0 aromatic heterocycles. The molecule has 1 saturated heterocycles. The number of hydrogen-bond acceptors (Lipinski definition) is 2. The summed E-state index contributed by atoms with van der Waals surface area (Å²) in [7, 11) is 2.22. The van der Waals surface area contributed by atoms with Gasteiger partial charge in [-0.25, -0.2) is 0 Å². The summed E-state index contributed by atoms with van der Waals surface area (Å²) < 4.78 is 0.950. The Kier molecular flexibility index (Phi) is 6.26. The smallest absolute Gasteiger partial charge is 0.223 e. The molecule has 0 unspecified atom stereocenters. The zero-order chi connectivity index (χ0) is 13.9. The number of benzene rings is 1. The van der Waals surface area contributed by atoms with Crippen molar-refractivity contribution in [2.45, 2.75) is 13.3 Å². The van der Waals surface area contributed by atoms with Crippen molar-refractivity contribution in [3.05, 3.63) is 29.8 Å². The summed E-state index contributed by atoms with van der Waals surface area (Å²) in [5, 5.41) is 0. The number of quaternary nitrogens is 1. The second-order valence-electron chi connectivity index (χ2n) is 5.83. The van der Waals surface area contributed by atoms with E-state index >= 15 is 0 Å². The maximum Gasteiger partial charge on any atom is 0.223 e. The number of carbonyl (C=O) groups is 1. The van der Waals surface area contributed by atoms with Crippen LogP contribution in [0.1, 0.15) is 12.0 Å². The second kappa shape index (κ2) is 7.26. The standard InChI is InChI=1S/C15H23N3O.HI/c1-13-4-3-5-14(12-13)17-7-10-18(2,11-8-17)9-6-15(16)19;/h3-5,12H,6-11H2,1-2H3,(H-,16,19);1H. The summed E-state index contributed by atoms with van der Waals surface area (Å²) in [4.78, 5) is 13.3. The van der Waals surface area contributed by atoms with Crippen LogP contribution in [0, 0.1) is 6.92 Å². The van der Waals surface area contributed by atoms with Crippen LogP contribution in [0.3, 0.4) is 0 Å². The number of likely N-dealkylation sites (N-methyl/N-ethyl adjacent to an activating group) is 1. The predicted octanol–water partition coefficient (Wildman–Crippen LogP) is -1.86. The van der Waals surface area contributed by atoms with E-state index in [-0.39, 0.29) is 29.9 Å². The van der Waals surface area contributed by atoms with Gasteiger partial charge in [0.05, 0.1) is 46.2 Å². The molecule has 2 N–H and O–H groups in total. The highest BCUT2D eigenvalue weighted by molar-refractivity contribution is 5.73. The lowest BCUT2D eigenvalue weighted by molar-refractivity contribution is -0.909. The summed E-state index contributed by atoms with van der Waals surface area (Å²) in [6.45, 7) is 7.21. The number of amides is 1. The lowest BCUT2D eigenvalue weighted by Crippen LogP contribution is -3.00. The van der Waals surface area contributed by atoms with E-state index in [4.69, 9.17) is 5.73 Å². The average Bonchev–Trinajstić information content (AvgIpc) is 2.37. The Morgan fingerprint density at radius 2 is 2.00 bits per heavy atom. The van der Waals surface area contributed by atoms with Gasteiger partial charge in [0.2, 0.25) is 5.91 Å². The zero-order valence-corrected chi connectivity index (χ0v) is 14.5. The minimum absolute atomic E-state index is 0. The Morgan fingerprint density at radius 3 is 2.55 bits per heavy atom. The lowest BCUT2D eigenvalue weighted by atomic mass is 10.1. The number of nitrogens with two attached hydrogens (primary N) is 1. The highest BCUT2D eigenvalue weighted by Crippen LogP contribution is 2.20. The summed E-state index contributed by atoms with van der Waals surface area (Å²) in [5.74, 6) is -0.194. The van der Waals surface area contributed by atoms with Gasteiger partial charge >= 0.3 is 0 Å². The van der Waals surface area contributed by atoms with E-state index < -0.39 is 0 Å². The first-order valence-corrected chi connectivity index (χ1v) is 6.92. The topological polar surface area (TPSA) is 46.3 Å². The van der Waals surface area contributed by atoms with E-state index in [1.165, 1.54) is 11.3 Å². The Labute approximate surface area is 138 Å². The molecule has 112 valence electrons. The quantitative estimate of drug-likeness (QED) is 0.485. The molecule has 0 aliphatic carbocycles. The fraction of sp³-hybridized carbons (Fsp3) is 0.533. The number of carbonyl (C=O) groups excluding carboxylic acids is 1. The highest BCUT2D eigenvalue weighted by atomic mass is 127. The lowest BCUT2D eigenvalue weighted by Gasteiger charge is -2.42. The van der Waals surface area contributed by atoms with Crippen molar-refractivity contribution in [3.63, 3.8) is 0 Å². The number of halogens is 1. The Morgan fingerprint density at radius 1 is 1.35 bits per heavy atom. The first-order chi connectivity index (χ1) is 8.98. The predicted molar refractivity (Wildman–Crippen MR) is 78.0 cm³/mol. The van der Waals surface area contributed by atoms with Crippen LogP contribution in [0.25, 0.3) is 0 Å². The number of rotatable bonds is 4. The van der Waals surface area contributed by atoms with Gasteiger partial charge < -0.3 is 39.1 Å². The first-order valence-electron chi connectivity index (χ1n) is 6.92. The van der Waals surface area contributed by atoms with E-state index in [1.54, 1.807) is 0 Å². The number of primary amides is 1. The molecule has 1 fully saturated rings. The molecule has 1 aromatic carbocycles. The zero-order valence-electron chi connectivity index (χ0n) is 12.3. The Balaban J connectivity index is 0.00000200. The molecule has 1 aromatic rings. The fourth-order valence-electron chi connectivity index (χ4n) is 2.63. The van der Waals surface area contributed by atoms with Crippen LogP contribution in [0.15, 0.2) is 24.3 Å². The molecule has 1 amide bonds. The number of nitrogens with zero attached hydrogens (tertiary/aromatic N) is 2. The van der Waals surface area contributed by atoms with Crippen LogP contribution < -0.4 is 34.6 Å². The van der Waals surface area contributed by atoms with E-state index in [0.717, 1.165) is 37.2 Å². The third-order valence-electron chi connectivity index (χ3n) is 4.08. The van der Waals surface area contributed by atoms with Crippen LogP contribution in [-0.4, -0.2) is 50.2 Å². The summed E-state index contributed by atoms with van der Waals surface area (Å²) in [5.41, 5.74) is 7.85. The van der Waals surface area contributed by atoms with Crippen molar-refractivity contribution in [2.24, 2.45) is 5.73 Å². The minimum Gasteiger partial charge on any atom is -1.00 e. The highest BCUT2D eigenvalue weighted by Gasteiger charge is 2.28. The van der Waals surface area contributed by atoms with E-state index in [1.807, 2.05) is 0 Å². The monoisotopic (exact) mass is 389 g/mol. The van der Waals surface area contributed by atoms with Crippen LogP contribution in [0.5, 0.6) is 0 Å². The van der Waals surface area contributed by atoms with E-state index in [0.29, 0.717) is 6.42 Å². The molecule has 2 rings (SSSR count). The third kappa shape index (κ3) is 4.63.